The Bertz CT molecular complexity index is 1710. The van der Waals surface area contributed by atoms with Crippen LogP contribution in [0.1, 0.15) is 48.1 Å². The molecule has 1 unspecified atom stereocenters. The Labute approximate surface area is 222 Å². The standard InChI is InChI=1S/C32H31N3O3/c1-5-18-34(31(36)25-16-15-23-10-6-7-11-24(23)20-25)22(3)30-33-27-13-9-8-12-26(27)32(37)35(30)28-19-21(2)14-17-29(28)38-4/h6-17,19-20,22H,5,18H2,1-4H3. The van der Waals surface area contributed by atoms with E-state index in [1.54, 1.807) is 22.6 Å². The van der Waals surface area contributed by atoms with Crippen molar-refractivity contribution in [3.05, 3.63) is 112 Å². The second-order valence-electron chi connectivity index (χ2n) is 9.54. The number of hydrogen-bond donors (Lipinski definition) is 0. The third-order valence-corrected chi connectivity index (χ3v) is 6.94. The number of rotatable bonds is 7. The number of nitrogens with zero attached hydrogens (tertiary/aromatic N) is 3. The first-order valence-electron chi connectivity index (χ1n) is 12.9. The zero-order chi connectivity index (χ0) is 26.8. The van der Waals surface area contributed by atoms with Crippen molar-refractivity contribution in [1.29, 1.82) is 0 Å². The van der Waals surface area contributed by atoms with E-state index >= 15 is 0 Å². The van der Waals surface area contributed by atoms with Gasteiger partial charge in [-0.05, 0) is 73.0 Å². The van der Waals surface area contributed by atoms with E-state index in [0.717, 1.165) is 22.8 Å². The number of hydrogen-bond acceptors (Lipinski definition) is 4. The van der Waals surface area contributed by atoms with Crippen molar-refractivity contribution in [3.63, 3.8) is 0 Å². The molecule has 0 radical (unpaired) electrons. The fourth-order valence-corrected chi connectivity index (χ4v) is 4.98. The molecule has 1 aromatic heterocycles. The van der Waals surface area contributed by atoms with Crippen LogP contribution < -0.4 is 10.3 Å². The lowest BCUT2D eigenvalue weighted by molar-refractivity contribution is 0.0681. The zero-order valence-electron chi connectivity index (χ0n) is 22.1. The van der Waals surface area contributed by atoms with Crippen LogP contribution in [0.25, 0.3) is 27.4 Å². The van der Waals surface area contributed by atoms with Crippen molar-refractivity contribution in [2.24, 2.45) is 0 Å². The fourth-order valence-electron chi connectivity index (χ4n) is 4.98. The van der Waals surface area contributed by atoms with Crippen LogP contribution in [0.4, 0.5) is 0 Å². The van der Waals surface area contributed by atoms with Gasteiger partial charge in [-0.3, -0.25) is 14.2 Å². The molecule has 38 heavy (non-hydrogen) atoms. The fraction of sp³-hybridized carbons (Fsp3) is 0.219. The van der Waals surface area contributed by atoms with Gasteiger partial charge in [-0.15, -0.1) is 0 Å². The molecule has 6 nitrogen and oxygen atoms in total. The quantitative estimate of drug-likeness (QED) is 0.254. The first kappa shape index (κ1) is 25.2. The second kappa shape index (κ2) is 10.5. The molecule has 1 atom stereocenters. The maximum absolute atomic E-state index is 14.0. The van der Waals surface area contributed by atoms with Gasteiger partial charge in [-0.1, -0.05) is 55.5 Å². The number of fused-ring (bicyclic) bond motifs is 2. The lowest BCUT2D eigenvalue weighted by atomic mass is 10.1. The summed E-state index contributed by atoms with van der Waals surface area (Å²) in [5.41, 5.74) is 2.59. The summed E-state index contributed by atoms with van der Waals surface area (Å²) in [7, 11) is 1.59. The van der Waals surface area contributed by atoms with Gasteiger partial charge in [-0.25, -0.2) is 4.98 Å². The minimum absolute atomic E-state index is 0.102. The van der Waals surface area contributed by atoms with E-state index in [4.69, 9.17) is 9.72 Å². The van der Waals surface area contributed by atoms with Crippen molar-refractivity contribution in [2.75, 3.05) is 13.7 Å². The molecule has 0 saturated carbocycles. The van der Waals surface area contributed by atoms with Crippen LogP contribution in [0.2, 0.25) is 0 Å². The van der Waals surface area contributed by atoms with E-state index in [9.17, 15) is 9.59 Å². The van der Waals surface area contributed by atoms with E-state index < -0.39 is 6.04 Å². The van der Waals surface area contributed by atoms with Crippen molar-refractivity contribution in [1.82, 2.24) is 14.5 Å². The van der Waals surface area contributed by atoms with E-state index in [-0.39, 0.29) is 11.5 Å². The third kappa shape index (κ3) is 4.54. The summed E-state index contributed by atoms with van der Waals surface area (Å²) in [6.45, 7) is 6.46. The van der Waals surface area contributed by atoms with E-state index in [1.165, 1.54) is 0 Å². The summed E-state index contributed by atoms with van der Waals surface area (Å²) in [4.78, 5) is 34.7. The Kier molecular flexibility index (Phi) is 6.97. The lowest BCUT2D eigenvalue weighted by Crippen LogP contribution is -2.38. The number of para-hydroxylation sites is 1. The Hall–Kier alpha value is -4.45. The van der Waals surface area contributed by atoms with Gasteiger partial charge in [0.2, 0.25) is 0 Å². The molecule has 192 valence electrons. The number of aryl methyl sites for hydroxylation is 1. The first-order chi connectivity index (χ1) is 18.4. The largest absolute Gasteiger partial charge is 0.495 e. The second-order valence-corrected chi connectivity index (χ2v) is 9.54. The Morgan fingerprint density at radius 1 is 0.974 bits per heavy atom. The highest BCUT2D eigenvalue weighted by Crippen LogP contribution is 2.30. The molecule has 4 aromatic carbocycles. The van der Waals surface area contributed by atoms with Gasteiger partial charge in [0.05, 0.1) is 29.7 Å². The summed E-state index contributed by atoms with van der Waals surface area (Å²) in [6.07, 6.45) is 0.759. The Balaban J connectivity index is 1.70. The highest BCUT2D eigenvalue weighted by Gasteiger charge is 2.28. The third-order valence-electron chi connectivity index (χ3n) is 6.94. The topological polar surface area (TPSA) is 64.4 Å². The molecule has 0 aliphatic heterocycles. The molecule has 6 heteroatoms. The number of methoxy groups -OCH3 is 1. The van der Waals surface area contributed by atoms with Gasteiger partial charge in [0.15, 0.2) is 0 Å². The number of aromatic nitrogens is 2. The molecule has 0 aliphatic rings. The van der Waals surface area contributed by atoms with Crippen LogP contribution in [0.5, 0.6) is 5.75 Å². The number of carbonyl (C=O) groups is 1. The minimum Gasteiger partial charge on any atom is -0.495 e. The van der Waals surface area contributed by atoms with Gasteiger partial charge in [0.1, 0.15) is 11.6 Å². The van der Waals surface area contributed by atoms with Crippen LogP contribution in [0.15, 0.2) is 89.7 Å². The Morgan fingerprint density at radius 2 is 1.71 bits per heavy atom. The molecule has 0 bridgehead atoms. The lowest BCUT2D eigenvalue weighted by Gasteiger charge is -2.31. The molecule has 1 heterocycles. The molecule has 0 spiro atoms. The molecule has 0 aliphatic carbocycles. The zero-order valence-corrected chi connectivity index (χ0v) is 22.1. The average Bonchev–Trinajstić information content (AvgIpc) is 2.95. The normalized spacial score (nSPS) is 12.0. The maximum atomic E-state index is 14.0. The minimum atomic E-state index is -0.489. The number of amides is 1. The van der Waals surface area contributed by atoms with E-state index in [1.807, 2.05) is 99.6 Å². The van der Waals surface area contributed by atoms with E-state index in [0.29, 0.717) is 40.3 Å². The predicted octanol–water partition coefficient (Wildman–Crippen LogP) is 6.47. The van der Waals surface area contributed by atoms with Crippen molar-refractivity contribution >= 4 is 27.6 Å². The van der Waals surface area contributed by atoms with Gasteiger partial charge < -0.3 is 9.64 Å². The molecular weight excluding hydrogens is 474 g/mol. The molecule has 0 saturated heterocycles. The highest BCUT2D eigenvalue weighted by molar-refractivity contribution is 5.98. The van der Waals surface area contributed by atoms with Crippen LogP contribution in [-0.4, -0.2) is 34.0 Å². The van der Waals surface area contributed by atoms with Crippen LogP contribution >= 0.6 is 0 Å². The number of ether oxygens (including phenoxy) is 1. The van der Waals surface area contributed by atoms with Gasteiger partial charge >= 0.3 is 0 Å². The summed E-state index contributed by atoms with van der Waals surface area (Å²) in [6, 6.07) is 26.3. The van der Waals surface area contributed by atoms with Crippen molar-refractivity contribution in [2.45, 2.75) is 33.2 Å². The molecular formula is C32H31N3O3. The molecule has 0 N–H and O–H groups in total. The summed E-state index contributed by atoms with van der Waals surface area (Å²) < 4.78 is 7.26. The SMILES string of the molecule is CCCN(C(=O)c1ccc2ccccc2c1)C(C)c1nc2ccccc2c(=O)n1-c1cc(C)ccc1OC. The van der Waals surface area contributed by atoms with Crippen molar-refractivity contribution < 1.29 is 9.53 Å². The maximum Gasteiger partial charge on any atom is 0.266 e. The van der Waals surface area contributed by atoms with Crippen LogP contribution in [0.3, 0.4) is 0 Å². The first-order valence-corrected chi connectivity index (χ1v) is 12.9. The Morgan fingerprint density at radius 3 is 2.47 bits per heavy atom. The number of benzene rings is 4. The summed E-state index contributed by atoms with van der Waals surface area (Å²) in [5.74, 6) is 0.946. The van der Waals surface area contributed by atoms with Crippen LogP contribution in [-0.2, 0) is 0 Å². The van der Waals surface area contributed by atoms with E-state index in [2.05, 4.69) is 0 Å². The molecule has 1 amide bonds. The smallest absolute Gasteiger partial charge is 0.266 e. The monoisotopic (exact) mass is 505 g/mol. The van der Waals surface area contributed by atoms with Gasteiger partial charge in [0.25, 0.3) is 11.5 Å². The number of carbonyl (C=O) groups excluding carboxylic acids is 1. The van der Waals surface area contributed by atoms with Crippen LogP contribution in [0, 0.1) is 6.92 Å². The summed E-state index contributed by atoms with van der Waals surface area (Å²) >= 11 is 0. The molecule has 0 fully saturated rings. The van der Waals surface area contributed by atoms with Crippen molar-refractivity contribution in [3.8, 4) is 11.4 Å². The van der Waals surface area contributed by atoms with Gasteiger partial charge in [-0.2, -0.15) is 0 Å². The van der Waals surface area contributed by atoms with Gasteiger partial charge in [0, 0.05) is 12.1 Å². The molecule has 5 rings (SSSR count). The molecule has 5 aromatic rings. The predicted molar refractivity (Wildman–Crippen MR) is 152 cm³/mol. The average molecular weight is 506 g/mol. The summed E-state index contributed by atoms with van der Waals surface area (Å²) in [5, 5.41) is 2.60. The highest BCUT2D eigenvalue weighted by atomic mass is 16.5.